The van der Waals surface area contributed by atoms with Crippen molar-refractivity contribution in [3.05, 3.63) is 36.0 Å². The maximum atomic E-state index is 12.2. The Hall–Kier alpha value is -1.84. The molecule has 2 heterocycles. The maximum absolute atomic E-state index is 12.2. The van der Waals surface area contributed by atoms with Crippen molar-refractivity contribution in [1.29, 1.82) is 0 Å². The van der Waals surface area contributed by atoms with Crippen molar-refractivity contribution >= 4 is 11.8 Å². The van der Waals surface area contributed by atoms with Gasteiger partial charge in [0.25, 0.3) is 0 Å². The highest BCUT2D eigenvalue weighted by atomic mass is 16.5. The van der Waals surface area contributed by atoms with Gasteiger partial charge in [-0.25, -0.2) is 9.78 Å². The summed E-state index contributed by atoms with van der Waals surface area (Å²) in [6.45, 7) is 4.18. The Kier molecular flexibility index (Phi) is 4.46. The van der Waals surface area contributed by atoms with E-state index in [1.54, 1.807) is 12.3 Å². The van der Waals surface area contributed by atoms with Crippen LogP contribution in [0.5, 0.6) is 0 Å². The van der Waals surface area contributed by atoms with Crippen LogP contribution in [0.2, 0.25) is 0 Å². The summed E-state index contributed by atoms with van der Waals surface area (Å²) in [5.74, 6) is 0.517. The zero-order chi connectivity index (χ0) is 15.4. The van der Waals surface area contributed by atoms with Gasteiger partial charge in [0, 0.05) is 19.3 Å². The van der Waals surface area contributed by atoms with E-state index >= 15 is 0 Å². The number of esters is 1. The molecule has 1 saturated heterocycles. The molecule has 118 valence electrons. The summed E-state index contributed by atoms with van der Waals surface area (Å²) < 4.78 is 5.18. The van der Waals surface area contributed by atoms with Crippen molar-refractivity contribution in [3.8, 4) is 0 Å². The average molecular weight is 300 g/mol. The molecule has 4 nitrogen and oxygen atoms in total. The summed E-state index contributed by atoms with van der Waals surface area (Å²) in [6, 6.07) is 3.63. The molecule has 4 heteroatoms. The van der Waals surface area contributed by atoms with Gasteiger partial charge in [-0.05, 0) is 56.6 Å². The van der Waals surface area contributed by atoms with Crippen LogP contribution in [-0.4, -0.2) is 30.6 Å². The van der Waals surface area contributed by atoms with Crippen molar-refractivity contribution in [2.45, 2.75) is 39.0 Å². The third kappa shape index (κ3) is 3.01. The number of aromatic nitrogens is 1. The molecule has 1 spiro atoms. The number of anilines is 1. The largest absolute Gasteiger partial charge is 0.462 e. The Labute approximate surface area is 132 Å². The predicted molar refractivity (Wildman–Crippen MR) is 87.1 cm³/mol. The Balaban J connectivity index is 1.84. The van der Waals surface area contributed by atoms with Gasteiger partial charge in [0.2, 0.25) is 0 Å². The highest BCUT2D eigenvalue weighted by Crippen LogP contribution is 2.42. The fourth-order valence-electron chi connectivity index (χ4n) is 3.72. The van der Waals surface area contributed by atoms with E-state index in [2.05, 4.69) is 22.0 Å². The van der Waals surface area contributed by atoms with Gasteiger partial charge >= 0.3 is 5.97 Å². The van der Waals surface area contributed by atoms with Crippen LogP contribution in [0, 0.1) is 5.41 Å². The first kappa shape index (κ1) is 15.1. The number of hydrogen-bond acceptors (Lipinski definition) is 4. The fourth-order valence-corrected chi connectivity index (χ4v) is 3.72. The van der Waals surface area contributed by atoms with Gasteiger partial charge in [-0.15, -0.1) is 0 Å². The Bertz CT molecular complexity index is 570. The molecule has 0 N–H and O–H groups in total. The van der Waals surface area contributed by atoms with Crippen LogP contribution in [0.3, 0.4) is 0 Å². The second kappa shape index (κ2) is 6.51. The van der Waals surface area contributed by atoms with Gasteiger partial charge in [0.1, 0.15) is 11.4 Å². The first-order chi connectivity index (χ1) is 10.7. The Morgan fingerprint density at radius 3 is 3.09 bits per heavy atom. The topological polar surface area (TPSA) is 42.4 Å². The Morgan fingerprint density at radius 2 is 2.32 bits per heavy atom. The summed E-state index contributed by atoms with van der Waals surface area (Å²) in [5.41, 5.74) is 0.948. The monoisotopic (exact) mass is 300 g/mol. The van der Waals surface area contributed by atoms with Crippen LogP contribution in [0.4, 0.5) is 5.82 Å². The molecule has 1 unspecified atom stereocenters. The summed E-state index contributed by atoms with van der Waals surface area (Å²) in [4.78, 5) is 19.0. The molecule has 1 atom stereocenters. The van der Waals surface area contributed by atoms with Gasteiger partial charge < -0.3 is 9.64 Å². The first-order valence-corrected chi connectivity index (χ1v) is 8.26. The molecule has 1 aliphatic carbocycles. The van der Waals surface area contributed by atoms with E-state index in [0.29, 0.717) is 17.6 Å². The van der Waals surface area contributed by atoms with Crippen molar-refractivity contribution in [1.82, 2.24) is 4.98 Å². The van der Waals surface area contributed by atoms with Crippen LogP contribution in [0.1, 0.15) is 49.4 Å². The van der Waals surface area contributed by atoms with E-state index in [1.165, 1.54) is 19.3 Å². The number of carbonyl (C=O) groups is 1. The molecule has 22 heavy (non-hydrogen) atoms. The van der Waals surface area contributed by atoms with E-state index in [-0.39, 0.29) is 5.97 Å². The minimum atomic E-state index is -0.270. The minimum absolute atomic E-state index is 0.270. The normalized spacial score (nSPS) is 24.5. The standard InChI is InChI=1S/C18H24N2O2/c1-2-22-17(21)15-8-6-12-19-16(15)20-13-7-11-18(14-20)9-4-3-5-10-18/h3-4,6,8,12H,2,5,7,9-11,13-14H2,1H3. The number of hydrogen-bond donors (Lipinski definition) is 0. The number of ether oxygens (including phenoxy) is 1. The van der Waals surface area contributed by atoms with Crippen LogP contribution in [0.25, 0.3) is 0 Å². The molecule has 0 bridgehead atoms. The predicted octanol–water partition coefficient (Wildman–Crippen LogP) is 3.59. The molecular weight excluding hydrogens is 276 g/mol. The number of allylic oxidation sites excluding steroid dienone is 2. The number of nitrogens with zero attached hydrogens (tertiary/aromatic N) is 2. The summed E-state index contributed by atoms with van der Waals surface area (Å²) in [5, 5.41) is 0. The van der Waals surface area contributed by atoms with Crippen LogP contribution >= 0.6 is 0 Å². The van der Waals surface area contributed by atoms with E-state index in [4.69, 9.17) is 4.74 Å². The zero-order valence-electron chi connectivity index (χ0n) is 13.3. The molecular formula is C18H24N2O2. The quantitative estimate of drug-likeness (QED) is 0.632. The number of rotatable bonds is 3. The summed E-state index contributed by atoms with van der Waals surface area (Å²) >= 11 is 0. The number of pyridine rings is 1. The van der Waals surface area contributed by atoms with Crippen molar-refractivity contribution in [2.75, 3.05) is 24.6 Å². The highest BCUT2D eigenvalue weighted by Gasteiger charge is 2.36. The van der Waals surface area contributed by atoms with E-state index in [1.807, 2.05) is 13.0 Å². The highest BCUT2D eigenvalue weighted by molar-refractivity contribution is 5.94. The first-order valence-electron chi connectivity index (χ1n) is 8.26. The van der Waals surface area contributed by atoms with E-state index in [0.717, 1.165) is 31.7 Å². The molecule has 3 rings (SSSR count). The van der Waals surface area contributed by atoms with E-state index < -0.39 is 0 Å². The van der Waals surface area contributed by atoms with Gasteiger partial charge in [0.15, 0.2) is 0 Å². The van der Waals surface area contributed by atoms with Crippen LogP contribution in [0.15, 0.2) is 30.5 Å². The lowest BCUT2D eigenvalue weighted by molar-refractivity contribution is 0.0526. The SMILES string of the molecule is CCOC(=O)c1cccnc1N1CCCC2(CC=CCC2)C1. The van der Waals surface area contributed by atoms with Crippen LogP contribution in [-0.2, 0) is 4.74 Å². The van der Waals surface area contributed by atoms with Crippen molar-refractivity contribution in [2.24, 2.45) is 5.41 Å². The third-order valence-electron chi connectivity index (χ3n) is 4.80. The fraction of sp³-hybridized carbons (Fsp3) is 0.556. The van der Waals surface area contributed by atoms with Crippen LogP contribution < -0.4 is 4.90 Å². The molecule has 0 amide bonds. The second-order valence-electron chi connectivity index (χ2n) is 6.33. The second-order valence-corrected chi connectivity index (χ2v) is 6.33. The molecule has 1 aromatic heterocycles. The lowest BCUT2D eigenvalue weighted by Gasteiger charge is -2.44. The molecule has 0 radical (unpaired) electrons. The van der Waals surface area contributed by atoms with Gasteiger partial charge in [0.05, 0.1) is 6.61 Å². The molecule has 0 saturated carbocycles. The lowest BCUT2D eigenvalue weighted by Crippen LogP contribution is -2.44. The minimum Gasteiger partial charge on any atom is -0.462 e. The Morgan fingerprint density at radius 1 is 1.41 bits per heavy atom. The third-order valence-corrected chi connectivity index (χ3v) is 4.80. The number of carbonyl (C=O) groups excluding carboxylic acids is 1. The smallest absolute Gasteiger partial charge is 0.341 e. The average Bonchev–Trinajstić information content (AvgIpc) is 2.56. The van der Waals surface area contributed by atoms with Gasteiger partial charge in [-0.1, -0.05) is 12.2 Å². The van der Waals surface area contributed by atoms with Crippen molar-refractivity contribution in [3.63, 3.8) is 0 Å². The molecule has 2 aliphatic rings. The van der Waals surface area contributed by atoms with Gasteiger partial charge in [-0.2, -0.15) is 0 Å². The summed E-state index contributed by atoms with van der Waals surface area (Å²) in [7, 11) is 0. The summed E-state index contributed by atoms with van der Waals surface area (Å²) in [6.07, 6.45) is 12.3. The van der Waals surface area contributed by atoms with Gasteiger partial charge in [-0.3, -0.25) is 0 Å². The molecule has 1 aliphatic heterocycles. The molecule has 0 aromatic carbocycles. The number of piperidine rings is 1. The molecule has 1 aromatic rings. The molecule has 1 fully saturated rings. The van der Waals surface area contributed by atoms with E-state index in [9.17, 15) is 4.79 Å². The van der Waals surface area contributed by atoms with Crippen molar-refractivity contribution < 1.29 is 9.53 Å². The zero-order valence-corrected chi connectivity index (χ0v) is 13.3. The lowest BCUT2D eigenvalue weighted by atomic mass is 9.71. The maximum Gasteiger partial charge on any atom is 0.341 e.